The van der Waals surface area contributed by atoms with Gasteiger partial charge in [-0.1, -0.05) is 13.8 Å². The van der Waals surface area contributed by atoms with Crippen molar-refractivity contribution in [3.05, 3.63) is 0 Å². The highest BCUT2D eigenvalue weighted by Gasteiger charge is 2.40. The summed E-state index contributed by atoms with van der Waals surface area (Å²) >= 11 is 0. The zero-order chi connectivity index (χ0) is 17.8. The Hall–Kier alpha value is -1.14. The number of carbonyl (C=O) groups is 2. The maximum absolute atomic E-state index is 13.1. The van der Waals surface area contributed by atoms with Crippen LogP contribution in [0.3, 0.4) is 0 Å². The number of rotatable bonds is 7. The molecule has 0 aliphatic carbocycles. The lowest BCUT2D eigenvalue weighted by Crippen LogP contribution is -2.46. The molecule has 0 radical (unpaired) electrons. The molecule has 0 saturated carbocycles. The van der Waals surface area contributed by atoms with E-state index in [4.69, 9.17) is 0 Å². The van der Waals surface area contributed by atoms with E-state index in [1.54, 1.807) is 0 Å². The molecule has 0 bridgehead atoms. The summed E-state index contributed by atoms with van der Waals surface area (Å²) in [6.07, 6.45) is 4.80. The van der Waals surface area contributed by atoms with E-state index in [0.717, 1.165) is 52.1 Å². The van der Waals surface area contributed by atoms with Crippen molar-refractivity contribution >= 4 is 11.8 Å². The Morgan fingerprint density at radius 1 is 1.32 bits per heavy atom. The van der Waals surface area contributed by atoms with Gasteiger partial charge in [-0.25, -0.2) is 0 Å². The predicted octanol–water partition coefficient (Wildman–Crippen LogP) is 0.920. The van der Waals surface area contributed by atoms with Gasteiger partial charge in [0.25, 0.3) is 0 Å². The minimum atomic E-state index is -0.142. The molecule has 0 aromatic rings. The molecule has 0 aromatic heterocycles. The first-order valence-electron chi connectivity index (χ1n) is 10.2. The average Bonchev–Trinajstić information content (AvgIpc) is 3.34. The third-order valence-corrected chi connectivity index (χ3v) is 6.12. The number of likely N-dealkylation sites (N-methyl/N-ethyl adjacent to an activating group) is 1. The van der Waals surface area contributed by atoms with Gasteiger partial charge in [-0.15, -0.1) is 0 Å². The number of hydrogen-bond donors (Lipinski definition) is 1. The van der Waals surface area contributed by atoms with Crippen LogP contribution in [0.25, 0.3) is 0 Å². The van der Waals surface area contributed by atoms with E-state index in [2.05, 4.69) is 29.0 Å². The maximum Gasteiger partial charge on any atom is 0.228 e. The van der Waals surface area contributed by atoms with Gasteiger partial charge in [0.15, 0.2) is 0 Å². The van der Waals surface area contributed by atoms with Crippen molar-refractivity contribution in [2.75, 3.05) is 45.8 Å². The van der Waals surface area contributed by atoms with Crippen LogP contribution in [0.5, 0.6) is 0 Å². The molecule has 3 atom stereocenters. The number of likely N-dealkylation sites (tertiary alicyclic amines) is 2. The molecule has 3 rings (SSSR count). The summed E-state index contributed by atoms with van der Waals surface area (Å²) in [6.45, 7) is 10.6. The Bertz CT molecular complexity index is 478. The summed E-state index contributed by atoms with van der Waals surface area (Å²) in [7, 11) is 0. The summed E-state index contributed by atoms with van der Waals surface area (Å²) in [5, 5.41) is 3.36. The lowest BCUT2D eigenvalue weighted by molar-refractivity contribution is -0.137. The summed E-state index contributed by atoms with van der Waals surface area (Å²) in [5.74, 6) is 0.226. The largest absolute Gasteiger partial charge is 0.340 e. The number of carbonyl (C=O) groups excluding carboxylic acids is 2. The second-order valence-electron chi connectivity index (χ2n) is 7.80. The van der Waals surface area contributed by atoms with Gasteiger partial charge in [-0.05, 0) is 45.3 Å². The zero-order valence-electron chi connectivity index (χ0n) is 15.9. The normalized spacial score (nSPS) is 30.4. The molecule has 3 aliphatic rings. The minimum Gasteiger partial charge on any atom is -0.340 e. The van der Waals surface area contributed by atoms with Crippen LogP contribution in [0, 0.1) is 5.92 Å². The lowest BCUT2D eigenvalue weighted by atomic mass is 10.0. The highest BCUT2D eigenvalue weighted by molar-refractivity contribution is 5.89. The zero-order valence-corrected chi connectivity index (χ0v) is 15.9. The topological polar surface area (TPSA) is 55.9 Å². The van der Waals surface area contributed by atoms with Gasteiger partial charge in [0.2, 0.25) is 11.8 Å². The molecule has 3 fully saturated rings. The van der Waals surface area contributed by atoms with Crippen molar-refractivity contribution in [1.82, 2.24) is 20.0 Å². The maximum atomic E-state index is 13.1. The van der Waals surface area contributed by atoms with Gasteiger partial charge in [0.05, 0.1) is 5.92 Å². The Labute approximate surface area is 151 Å². The highest BCUT2D eigenvalue weighted by atomic mass is 16.2. The van der Waals surface area contributed by atoms with Crippen LogP contribution in [0.2, 0.25) is 0 Å². The number of nitrogens with zero attached hydrogens (tertiary/aromatic N) is 3. The number of hydrogen-bond acceptors (Lipinski definition) is 4. The first-order valence-corrected chi connectivity index (χ1v) is 10.2. The van der Waals surface area contributed by atoms with Gasteiger partial charge in [0, 0.05) is 44.7 Å². The molecule has 6 nitrogen and oxygen atoms in total. The molecule has 6 heteroatoms. The van der Waals surface area contributed by atoms with Crippen LogP contribution in [-0.4, -0.2) is 84.4 Å². The standard InChI is InChI=1S/C19H34N4O2/c1-3-9-23(16-7-8-20-12-16)19(25)15-11-18(24)22(13-15)14-17-6-5-10-21(17)4-2/h15-17,20H,3-14H2,1-2H3. The summed E-state index contributed by atoms with van der Waals surface area (Å²) in [4.78, 5) is 32.1. The number of nitrogens with one attached hydrogen (secondary N) is 1. The monoisotopic (exact) mass is 350 g/mol. The molecule has 142 valence electrons. The average molecular weight is 351 g/mol. The Morgan fingerprint density at radius 2 is 2.16 bits per heavy atom. The fraction of sp³-hybridized carbons (Fsp3) is 0.895. The fourth-order valence-corrected chi connectivity index (χ4v) is 4.74. The van der Waals surface area contributed by atoms with Crippen molar-refractivity contribution in [3.8, 4) is 0 Å². The van der Waals surface area contributed by atoms with Crippen LogP contribution in [0.1, 0.15) is 46.0 Å². The van der Waals surface area contributed by atoms with Crippen molar-refractivity contribution in [3.63, 3.8) is 0 Å². The molecule has 2 amide bonds. The van der Waals surface area contributed by atoms with Gasteiger partial charge in [0.1, 0.15) is 0 Å². The van der Waals surface area contributed by atoms with E-state index in [1.807, 2.05) is 4.90 Å². The first kappa shape index (κ1) is 18.6. The fourth-order valence-electron chi connectivity index (χ4n) is 4.74. The van der Waals surface area contributed by atoms with E-state index >= 15 is 0 Å². The Kier molecular flexibility index (Phi) is 6.34. The molecule has 0 aromatic carbocycles. The highest BCUT2D eigenvalue weighted by Crippen LogP contribution is 2.25. The molecule has 25 heavy (non-hydrogen) atoms. The van der Waals surface area contributed by atoms with Crippen molar-refractivity contribution in [2.45, 2.75) is 58.0 Å². The minimum absolute atomic E-state index is 0.142. The quantitative estimate of drug-likeness (QED) is 0.742. The van der Waals surface area contributed by atoms with Gasteiger partial charge in [-0.3, -0.25) is 14.5 Å². The predicted molar refractivity (Wildman–Crippen MR) is 98.2 cm³/mol. The molecular formula is C19H34N4O2. The van der Waals surface area contributed by atoms with Crippen molar-refractivity contribution < 1.29 is 9.59 Å². The molecule has 3 aliphatic heterocycles. The van der Waals surface area contributed by atoms with Crippen LogP contribution in [-0.2, 0) is 9.59 Å². The second-order valence-corrected chi connectivity index (χ2v) is 7.80. The van der Waals surface area contributed by atoms with Crippen LogP contribution < -0.4 is 5.32 Å². The van der Waals surface area contributed by atoms with Crippen LogP contribution in [0.15, 0.2) is 0 Å². The van der Waals surface area contributed by atoms with Gasteiger partial charge in [-0.2, -0.15) is 0 Å². The molecule has 3 unspecified atom stereocenters. The summed E-state index contributed by atoms with van der Waals surface area (Å²) in [5.41, 5.74) is 0. The third-order valence-electron chi connectivity index (χ3n) is 6.12. The van der Waals surface area contributed by atoms with Crippen LogP contribution >= 0.6 is 0 Å². The summed E-state index contributed by atoms with van der Waals surface area (Å²) < 4.78 is 0. The molecular weight excluding hydrogens is 316 g/mol. The van der Waals surface area contributed by atoms with Crippen molar-refractivity contribution in [1.29, 1.82) is 0 Å². The van der Waals surface area contributed by atoms with E-state index in [9.17, 15) is 9.59 Å². The van der Waals surface area contributed by atoms with Crippen LogP contribution in [0.4, 0.5) is 0 Å². The summed E-state index contributed by atoms with van der Waals surface area (Å²) in [6, 6.07) is 0.788. The smallest absolute Gasteiger partial charge is 0.228 e. The second kappa shape index (κ2) is 8.49. The third kappa shape index (κ3) is 4.17. The molecule has 0 spiro atoms. The van der Waals surface area contributed by atoms with Gasteiger partial charge < -0.3 is 15.1 Å². The lowest BCUT2D eigenvalue weighted by Gasteiger charge is -2.31. The first-order chi connectivity index (χ1) is 12.1. The molecule has 1 N–H and O–H groups in total. The molecule has 3 heterocycles. The van der Waals surface area contributed by atoms with Crippen molar-refractivity contribution in [2.24, 2.45) is 5.92 Å². The van der Waals surface area contributed by atoms with E-state index in [0.29, 0.717) is 25.0 Å². The SMILES string of the molecule is CCCN(C(=O)C1CC(=O)N(CC2CCCN2CC)C1)C1CCNC1. The van der Waals surface area contributed by atoms with E-state index in [1.165, 1.54) is 12.8 Å². The van der Waals surface area contributed by atoms with E-state index in [-0.39, 0.29) is 17.7 Å². The van der Waals surface area contributed by atoms with E-state index < -0.39 is 0 Å². The Balaban J connectivity index is 1.59. The molecule has 3 saturated heterocycles. The number of amides is 2. The Morgan fingerprint density at radius 3 is 2.84 bits per heavy atom. The van der Waals surface area contributed by atoms with Gasteiger partial charge >= 0.3 is 0 Å².